The number of benzene rings is 2. The summed E-state index contributed by atoms with van der Waals surface area (Å²) in [6, 6.07) is 6.12. The van der Waals surface area contributed by atoms with Gasteiger partial charge in [0, 0.05) is 9.64 Å². The first kappa shape index (κ1) is 24.1. The highest BCUT2D eigenvalue weighted by molar-refractivity contribution is 14.1. The van der Waals surface area contributed by atoms with Crippen LogP contribution in [0, 0.1) is 3.57 Å². The van der Waals surface area contributed by atoms with Gasteiger partial charge in [0.1, 0.15) is 22.6 Å². The summed E-state index contributed by atoms with van der Waals surface area (Å²) in [5, 5.41) is 0.804. The number of nitrogens with two attached hydrogens (primary N) is 1. The molecule has 28 heavy (non-hydrogen) atoms. The molecule has 0 spiro atoms. The fourth-order valence-electron chi connectivity index (χ4n) is 1.97. The van der Waals surface area contributed by atoms with Crippen molar-refractivity contribution < 1.29 is 28.5 Å². The van der Waals surface area contributed by atoms with Gasteiger partial charge in [-0.15, -0.1) is 0 Å². The summed E-state index contributed by atoms with van der Waals surface area (Å²) in [4.78, 5) is 22.5. The first-order valence-corrected chi connectivity index (χ1v) is 9.36. The summed E-state index contributed by atoms with van der Waals surface area (Å²) in [7, 11) is 5.53. The second-order valence-corrected chi connectivity index (χ2v) is 7.00. The number of esters is 2. The average Bonchev–Trinajstić information content (AvgIpc) is 2.70. The van der Waals surface area contributed by atoms with Crippen molar-refractivity contribution in [2.24, 2.45) is 0 Å². The highest BCUT2D eigenvalue weighted by atomic mass is 127. The zero-order chi connectivity index (χ0) is 21.4. The van der Waals surface area contributed by atoms with Gasteiger partial charge in [0.2, 0.25) is 0 Å². The molecule has 0 heterocycles. The molecule has 0 atom stereocenters. The van der Waals surface area contributed by atoms with E-state index in [1.165, 1.54) is 46.6 Å². The van der Waals surface area contributed by atoms with E-state index in [9.17, 15) is 9.59 Å². The third kappa shape index (κ3) is 6.05. The molecule has 2 N–H and O–H groups in total. The number of carbonyl (C=O) groups is 2. The van der Waals surface area contributed by atoms with Gasteiger partial charge in [-0.05, 0) is 40.8 Å². The Balaban J connectivity index is 0.000000280. The van der Waals surface area contributed by atoms with E-state index in [1.54, 1.807) is 6.07 Å². The minimum absolute atomic E-state index is 0.259. The zero-order valence-electron chi connectivity index (χ0n) is 15.5. The van der Waals surface area contributed by atoms with Gasteiger partial charge in [-0.1, -0.05) is 23.2 Å². The molecule has 0 aliphatic heterocycles. The molecule has 0 unspecified atom stereocenters. The fraction of sp³-hybridized carbons (Fsp3) is 0.222. The van der Waals surface area contributed by atoms with Gasteiger partial charge >= 0.3 is 11.9 Å². The van der Waals surface area contributed by atoms with Gasteiger partial charge in [-0.25, -0.2) is 9.59 Å². The van der Waals surface area contributed by atoms with Crippen LogP contribution in [0.2, 0.25) is 10.0 Å². The van der Waals surface area contributed by atoms with E-state index in [0.717, 1.165) is 3.57 Å². The standard InChI is InChI=1S/C9H8ClIO3.C9H10ClNO3/c2*1-13-8-4-7(11)6(10)3-5(8)9(12)14-2/h3-4H,1-2H3;3-4H,11H2,1-2H3. The van der Waals surface area contributed by atoms with Crippen molar-refractivity contribution in [3.05, 3.63) is 49.0 Å². The number of rotatable bonds is 4. The Morgan fingerprint density at radius 2 is 1.25 bits per heavy atom. The molecule has 152 valence electrons. The smallest absolute Gasteiger partial charge is 0.341 e. The van der Waals surface area contributed by atoms with Crippen LogP contribution in [-0.2, 0) is 9.47 Å². The molecule has 2 aromatic carbocycles. The quantitative estimate of drug-likeness (QED) is 0.347. The highest BCUT2D eigenvalue weighted by Crippen LogP contribution is 2.29. The lowest BCUT2D eigenvalue weighted by Gasteiger charge is -2.08. The van der Waals surface area contributed by atoms with Gasteiger partial charge in [0.05, 0.1) is 44.2 Å². The number of methoxy groups -OCH3 is 4. The topological polar surface area (TPSA) is 97.1 Å². The molecule has 2 rings (SSSR count). The maximum atomic E-state index is 11.3. The van der Waals surface area contributed by atoms with Crippen LogP contribution in [0.1, 0.15) is 20.7 Å². The van der Waals surface area contributed by atoms with Crippen molar-refractivity contribution in [2.75, 3.05) is 34.2 Å². The molecule has 0 aromatic heterocycles. The summed E-state index contributed by atoms with van der Waals surface area (Å²) in [5.74, 6) is -0.159. The second kappa shape index (κ2) is 11.2. The lowest BCUT2D eigenvalue weighted by molar-refractivity contribution is 0.0588. The number of hydrogen-bond acceptors (Lipinski definition) is 7. The number of ether oxygens (including phenoxy) is 4. The third-order valence-electron chi connectivity index (χ3n) is 3.37. The van der Waals surface area contributed by atoms with Gasteiger partial charge in [0.15, 0.2) is 0 Å². The van der Waals surface area contributed by atoms with E-state index in [2.05, 4.69) is 32.1 Å². The molecule has 0 fully saturated rings. The van der Waals surface area contributed by atoms with Crippen molar-refractivity contribution in [3.8, 4) is 11.5 Å². The Morgan fingerprint density at radius 1 is 0.821 bits per heavy atom. The number of nitrogen functional groups attached to an aromatic ring is 1. The maximum Gasteiger partial charge on any atom is 0.341 e. The largest absolute Gasteiger partial charge is 0.496 e. The van der Waals surface area contributed by atoms with Gasteiger partial charge in [-0.3, -0.25) is 0 Å². The van der Waals surface area contributed by atoms with Crippen molar-refractivity contribution in [1.82, 2.24) is 0 Å². The van der Waals surface area contributed by atoms with Crippen molar-refractivity contribution in [3.63, 3.8) is 0 Å². The lowest BCUT2D eigenvalue weighted by atomic mass is 10.2. The van der Waals surface area contributed by atoms with Gasteiger partial charge < -0.3 is 24.7 Å². The third-order valence-corrected chi connectivity index (χ3v) is 5.22. The molecule has 0 saturated heterocycles. The fourth-order valence-corrected chi connectivity index (χ4v) is 2.74. The zero-order valence-corrected chi connectivity index (χ0v) is 19.1. The van der Waals surface area contributed by atoms with E-state index in [1.807, 2.05) is 0 Å². The molecule has 0 saturated carbocycles. The monoisotopic (exact) mass is 541 g/mol. The molecule has 0 radical (unpaired) electrons. The average molecular weight is 542 g/mol. The molecule has 2 aromatic rings. The minimum atomic E-state index is -0.510. The van der Waals surface area contributed by atoms with Crippen LogP contribution in [0.15, 0.2) is 24.3 Å². The van der Waals surface area contributed by atoms with Crippen LogP contribution in [0.4, 0.5) is 5.69 Å². The molecule has 0 aliphatic carbocycles. The van der Waals surface area contributed by atoms with Crippen LogP contribution in [0.25, 0.3) is 0 Å². The van der Waals surface area contributed by atoms with Gasteiger partial charge in [0.25, 0.3) is 0 Å². The van der Waals surface area contributed by atoms with Gasteiger partial charge in [-0.2, -0.15) is 0 Å². The molecule has 7 nitrogen and oxygen atoms in total. The second-order valence-electron chi connectivity index (χ2n) is 5.02. The van der Waals surface area contributed by atoms with E-state index in [-0.39, 0.29) is 5.56 Å². The number of hydrogen-bond donors (Lipinski definition) is 1. The molecule has 0 amide bonds. The SMILES string of the molecule is COC(=O)c1cc(Cl)c(I)cc1OC.COC(=O)c1cc(Cl)c(N)cc1OC. The Bertz CT molecular complexity index is 804. The van der Waals surface area contributed by atoms with Crippen LogP contribution in [0.5, 0.6) is 11.5 Å². The predicted octanol–water partition coefficient (Wildman–Crippen LogP) is 4.46. The lowest BCUT2D eigenvalue weighted by Crippen LogP contribution is -2.05. The number of anilines is 1. The minimum Gasteiger partial charge on any atom is -0.496 e. The Kier molecular flexibility index (Phi) is 9.63. The normalized spacial score (nSPS) is 9.68. The first-order chi connectivity index (χ1) is 13.2. The number of carbonyl (C=O) groups excluding carboxylic acids is 2. The molecule has 0 bridgehead atoms. The molecular weight excluding hydrogens is 524 g/mol. The molecule has 10 heteroatoms. The van der Waals surface area contributed by atoms with E-state index < -0.39 is 11.9 Å². The predicted molar refractivity (Wildman–Crippen MR) is 116 cm³/mol. The van der Waals surface area contributed by atoms with E-state index in [4.69, 9.17) is 38.4 Å². The van der Waals surface area contributed by atoms with Crippen molar-refractivity contribution in [2.45, 2.75) is 0 Å². The summed E-state index contributed by atoms with van der Waals surface area (Å²) in [5.41, 5.74) is 6.49. The summed E-state index contributed by atoms with van der Waals surface area (Å²) >= 11 is 13.7. The Hall–Kier alpha value is -1.91. The molecule has 0 aliphatic rings. The molecular formula is C18H18Cl2INO6. The summed E-state index contributed by atoms with van der Waals surface area (Å²) in [6.07, 6.45) is 0. The first-order valence-electron chi connectivity index (χ1n) is 7.52. The Morgan fingerprint density at radius 3 is 1.68 bits per heavy atom. The summed E-state index contributed by atoms with van der Waals surface area (Å²) in [6.45, 7) is 0. The highest BCUT2D eigenvalue weighted by Gasteiger charge is 2.16. The van der Waals surface area contributed by atoms with Crippen molar-refractivity contribution in [1.29, 1.82) is 0 Å². The van der Waals surface area contributed by atoms with Crippen LogP contribution >= 0.6 is 45.8 Å². The Labute approximate surface area is 186 Å². The maximum absolute atomic E-state index is 11.3. The number of halogens is 3. The van der Waals surface area contributed by atoms with Crippen LogP contribution in [0.3, 0.4) is 0 Å². The summed E-state index contributed by atoms with van der Waals surface area (Å²) < 4.78 is 20.0. The van der Waals surface area contributed by atoms with E-state index >= 15 is 0 Å². The van der Waals surface area contributed by atoms with Crippen molar-refractivity contribution >= 4 is 63.4 Å². The van der Waals surface area contributed by atoms with Crippen LogP contribution in [-0.4, -0.2) is 40.4 Å². The van der Waals surface area contributed by atoms with E-state index in [0.29, 0.717) is 32.8 Å². The van der Waals surface area contributed by atoms with Crippen LogP contribution < -0.4 is 15.2 Å².